The third-order valence-corrected chi connectivity index (χ3v) is 8.26. The molecule has 1 fully saturated rings. The van der Waals surface area contributed by atoms with Crippen molar-refractivity contribution in [1.29, 1.82) is 0 Å². The minimum atomic E-state index is -3.76. The Morgan fingerprint density at radius 3 is 2.41 bits per heavy atom. The fourth-order valence-corrected chi connectivity index (χ4v) is 6.01. The summed E-state index contributed by atoms with van der Waals surface area (Å²) in [5, 5.41) is 4.96. The molecule has 1 saturated heterocycles. The number of amides is 1. The summed E-state index contributed by atoms with van der Waals surface area (Å²) >= 11 is 12.2. The average molecular weight is 457 g/mol. The van der Waals surface area contributed by atoms with Gasteiger partial charge in [0.05, 0.1) is 5.02 Å². The van der Waals surface area contributed by atoms with E-state index in [4.69, 9.17) is 23.2 Å². The van der Waals surface area contributed by atoms with Crippen LogP contribution in [0.25, 0.3) is 0 Å². The molecule has 1 aromatic heterocycles. The van der Waals surface area contributed by atoms with Gasteiger partial charge in [0.2, 0.25) is 10.0 Å². The predicted octanol–water partition coefficient (Wildman–Crippen LogP) is 2.98. The lowest BCUT2D eigenvalue weighted by molar-refractivity contribution is 0.0691. The van der Waals surface area contributed by atoms with Crippen molar-refractivity contribution in [3.05, 3.63) is 45.2 Å². The maximum atomic E-state index is 13.0. The lowest BCUT2D eigenvalue weighted by Gasteiger charge is -2.33. The molecule has 0 radical (unpaired) electrons. The zero-order chi connectivity index (χ0) is 20.8. The van der Waals surface area contributed by atoms with Crippen molar-refractivity contribution in [3.63, 3.8) is 0 Å². The fraction of sp³-hybridized carbons (Fsp3) is 0.474. The third-order valence-electron chi connectivity index (χ3n) is 5.49. The summed E-state index contributed by atoms with van der Waals surface area (Å²) in [4.78, 5) is 14.5. The van der Waals surface area contributed by atoms with Crippen LogP contribution >= 0.6 is 23.2 Å². The Labute approximate surface area is 180 Å². The number of fused-ring (bicyclic) bond motifs is 1. The van der Waals surface area contributed by atoms with Crippen LogP contribution in [0.5, 0.6) is 0 Å². The Morgan fingerprint density at radius 1 is 1.00 bits per heavy atom. The monoisotopic (exact) mass is 456 g/mol. The van der Waals surface area contributed by atoms with E-state index in [0.29, 0.717) is 29.4 Å². The van der Waals surface area contributed by atoms with Crippen molar-refractivity contribution in [2.24, 2.45) is 0 Å². The molecule has 1 aromatic carbocycles. The zero-order valence-corrected chi connectivity index (χ0v) is 18.4. The van der Waals surface area contributed by atoms with Crippen LogP contribution in [0.15, 0.2) is 23.1 Å². The minimum Gasteiger partial charge on any atom is -0.335 e. The van der Waals surface area contributed by atoms with Crippen LogP contribution in [0, 0.1) is 6.92 Å². The van der Waals surface area contributed by atoms with Crippen molar-refractivity contribution in [1.82, 2.24) is 19.0 Å². The lowest BCUT2D eigenvalue weighted by Crippen LogP contribution is -2.50. The van der Waals surface area contributed by atoms with Gasteiger partial charge < -0.3 is 4.90 Å². The fourth-order valence-electron chi connectivity index (χ4n) is 3.78. The number of aromatic nitrogens is 2. The zero-order valence-electron chi connectivity index (χ0n) is 16.1. The summed E-state index contributed by atoms with van der Waals surface area (Å²) in [6.07, 6.45) is 3.13. The molecule has 0 N–H and O–H groups in total. The SMILES string of the molecule is Cc1cc(S(=O)(=O)N2CCN(C(=O)c3cc4n(n3)CCCC4)CC2)c(Cl)cc1Cl. The summed E-state index contributed by atoms with van der Waals surface area (Å²) in [7, 11) is -3.76. The van der Waals surface area contributed by atoms with Gasteiger partial charge in [-0.25, -0.2) is 8.42 Å². The van der Waals surface area contributed by atoms with Crippen LogP contribution < -0.4 is 0 Å². The molecule has 0 bridgehead atoms. The van der Waals surface area contributed by atoms with Crippen LogP contribution in [0.1, 0.15) is 34.6 Å². The number of nitrogens with zero attached hydrogens (tertiary/aromatic N) is 4. The summed E-state index contributed by atoms with van der Waals surface area (Å²) in [6, 6.07) is 4.81. The molecular formula is C19H22Cl2N4O3S. The van der Waals surface area contributed by atoms with Gasteiger partial charge in [0, 0.05) is 43.4 Å². The molecule has 0 saturated carbocycles. The van der Waals surface area contributed by atoms with E-state index >= 15 is 0 Å². The number of halogens is 2. The first kappa shape index (κ1) is 20.7. The normalized spacial score (nSPS) is 18.0. The maximum Gasteiger partial charge on any atom is 0.274 e. The highest BCUT2D eigenvalue weighted by Gasteiger charge is 2.33. The molecule has 4 rings (SSSR count). The molecular weight excluding hydrogens is 435 g/mol. The number of rotatable bonds is 3. The van der Waals surface area contributed by atoms with E-state index < -0.39 is 10.0 Å². The second-order valence-electron chi connectivity index (χ2n) is 7.43. The Kier molecular flexibility index (Phi) is 5.63. The van der Waals surface area contributed by atoms with E-state index in [1.807, 2.05) is 10.7 Å². The minimum absolute atomic E-state index is 0.0441. The molecule has 0 spiro atoms. The van der Waals surface area contributed by atoms with Crippen molar-refractivity contribution >= 4 is 39.1 Å². The van der Waals surface area contributed by atoms with E-state index in [1.54, 1.807) is 11.8 Å². The second-order valence-corrected chi connectivity index (χ2v) is 10.2. The highest BCUT2D eigenvalue weighted by atomic mass is 35.5. The molecule has 2 aliphatic rings. The highest BCUT2D eigenvalue weighted by molar-refractivity contribution is 7.89. The number of carbonyl (C=O) groups excluding carboxylic acids is 1. The first-order chi connectivity index (χ1) is 13.8. The van der Waals surface area contributed by atoms with E-state index in [0.717, 1.165) is 31.5 Å². The van der Waals surface area contributed by atoms with Gasteiger partial charge in [-0.2, -0.15) is 9.40 Å². The lowest BCUT2D eigenvalue weighted by atomic mass is 10.1. The van der Waals surface area contributed by atoms with E-state index in [9.17, 15) is 13.2 Å². The van der Waals surface area contributed by atoms with Crippen molar-refractivity contribution in [2.75, 3.05) is 26.2 Å². The standard InChI is InChI=1S/C19H22Cl2N4O3S/c1-13-10-18(16(21)12-15(13)20)29(27,28)24-8-6-23(7-9-24)19(26)17-11-14-4-2-3-5-25(14)22-17/h10-12H,2-9H2,1H3. The smallest absolute Gasteiger partial charge is 0.274 e. The Bertz CT molecular complexity index is 1040. The number of benzene rings is 1. The molecule has 156 valence electrons. The Hall–Kier alpha value is -1.61. The van der Waals surface area contributed by atoms with Crippen molar-refractivity contribution in [2.45, 2.75) is 37.6 Å². The van der Waals surface area contributed by atoms with E-state index in [2.05, 4.69) is 5.10 Å². The predicted molar refractivity (Wildman–Crippen MR) is 111 cm³/mol. The molecule has 3 heterocycles. The summed E-state index contributed by atoms with van der Waals surface area (Å²) < 4.78 is 29.3. The quantitative estimate of drug-likeness (QED) is 0.711. The number of sulfonamides is 1. The van der Waals surface area contributed by atoms with E-state index in [-0.39, 0.29) is 28.9 Å². The number of hydrogen-bond donors (Lipinski definition) is 0. The van der Waals surface area contributed by atoms with E-state index in [1.165, 1.54) is 16.4 Å². The first-order valence-electron chi connectivity index (χ1n) is 9.59. The van der Waals surface area contributed by atoms with Gasteiger partial charge in [-0.05, 0) is 49.9 Å². The van der Waals surface area contributed by atoms with Crippen LogP contribution in [0.4, 0.5) is 0 Å². The third kappa shape index (κ3) is 3.91. The van der Waals surface area contributed by atoms with Crippen LogP contribution in [-0.4, -0.2) is 59.5 Å². The van der Waals surface area contributed by atoms with Crippen molar-refractivity contribution in [3.8, 4) is 0 Å². The molecule has 0 unspecified atom stereocenters. The van der Waals surface area contributed by atoms with Gasteiger partial charge in [0.25, 0.3) is 5.91 Å². The number of aryl methyl sites for hydroxylation is 3. The Balaban J connectivity index is 1.47. The van der Waals surface area contributed by atoms with Crippen LogP contribution in [-0.2, 0) is 23.0 Å². The summed E-state index contributed by atoms with van der Waals surface area (Å²) in [5.41, 5.74) is 2.18. The Morgan fingerprint density at radius 2 is 1.72 bits per heavy atom. The average Bonchev–Trinajstić information content (AvgIpc) is 3.14. The van der Waals surface area contributed by atoms with Crippen LogP contribution in [0.3, 0.4) is 0 Å². The van der Waals surface area contributed by atoms with Gasteiger partial charge in [-0.3, -0.25) is 9.48 Å². The number of carbonyl (C=O) groups is 1. The first-order valence-corrected chi connectivity index (χ1v) is 11.8. The van der Waals surface area contributed by atoms with Crippen molar-refractivity contribution < 1.29 is 13.2 Å². The van der Waals surface area contributed by atoms with Gasteiger partial charge >= 0.3 is 0 Å². The van der Waals surface area contributed by atoms with Gasteiger partial charge in [0.15, 0.2) is 5.69 Å². The maximum absolute atomic E-state index is 13.0. The van der Waals surface area contributed by atoms with Gasteiger partial charge in [-0.1, -0.05) is 23.2 Å². The molecule has 0 atom stereocenters. The highest BCUT2D eigenvalue weighted by Crippen LogP contribution is 2.30. The largest absolute Gasteiger partial charge is 0.335 e. The van der Waals surface area contributed by atoms with Crippen LogP contribution in [0.2, 0.25) is 10.0 Å². The molecule has 2 aliphatic heterocycles. The molecule has 29 heavy (non-hydrogen) atoms. The molecule has 0 aliphatic carbocycles. The molecule has 2 aromatic rings. The second kappa shape index (κ2) is 7.91. The molecule has 1 amide bonds. The number of hydrogen-bond acceptors (Lipinski definition) is 4. The summed E-state index contributed by atoms with van der Waals surface area (Å²) in [6.45, 7) is 3.61. The van der Waals surface area contributed by atoms with Gasteiger partial charge in [-0.15, -0.1) is 0 Å². The number of piperazine rings is 1. The summed E-state index contributed by atoms with van der Waals surface area (Å²) in [5.74, 6) is -0.149. The molecule has 7 nitrogen and oxygen atoms in total. The topological polar surface area (TPSA) is 75.5 Å². The van der Waals surface area contributed by atoms with Gasteiger partial charge in [0.1, 0.15) is 4.90 Å². The molecule has 10 heteroatoms.